The molecule has 0 heterocycles. The minimum atomic E-state index is 0.522. The number of nitrogens with zero attached hydrogens (tertiary/aromatic N) is 2. The highest BCUT2D eigenvalue weighted by Crippen LogP contribution is 2.26. The summed E-state index contributed by atoms with van der Waals surface area (Å²) in [6.07, 6.45) is 5.06. The van der Waals surface area contributed by atoms with Gasteiger partial charge in [-0.25, -0.2) is 0 Å². The smallest absolute Gasteiger partial charge is 0.0748 e. The first-order chi connectivity index (χ1) is 7.45. The summed E-state index contributed by atoms with van der Waals surface area (Å²) >= 11 is 10.6. The van der Waals surface area contributed by atoms with Crippen molar-refractivity contribution >= 4 is 34.4 Å². The van der Waals surface area contributed by atoms with Crippen molar-refractivity contribution in [3.63, 3.8) is 0 Å². The van der Waals surface area contributed by atoms with Gasteiger partial charge in [0.1, 0.15) is 0 Å². The van der Waals surface area contributed by atoms with Crippen LogP contribution >= 0.6 is 24.4 Å². The van der Waals surface area contributed by atoms with Gasteiger partial charge in [-0.2, -0.15) is 0 Å². The van der Waals surface area contributed by atoms with Crippen LogP contribution in [0.15, 0.2) is 0 Å². The Labute approximate surface area is 110 Å². The molecule has 1 fully saturated rings. The van der Waals surface area contributed by atoms with Gasteiger partial charge < -0.3 is 9.80 Å². The average Bonchev–Trinajstić information content (AvgIpc) is 2.26. The van der Waals surface area contributed by atoms with Gasteiger partial charge in [0.25, 0.3) is 0 Å². The molecule has 1 aliphatic rings. The summed E-state index contributed by atoms with van der Waals surface area (Å²) in [5.41, 5.74) is 0. The first kappa shape index (κ1) is 13.8. The van der Waals surface area contributed by atoms with E-state index >= 15 is 0 Å². The van der Waals surface area contributed by atoms with Crippen LogP contribution in [-0.2, 0) is 0 Å². The van der Waals surface area contributed by atoms with Gasteiger partial charge in [-0.1, -0.05) is 37.3 Å². The summed E-state index contributed by atoms with van der Waals surface area (Å²) < 4.78 is 0. The summed E-state index contributed by atoms with van der Waals surface area (Å²) in [7, 11) is 4.22. The standard InChI is InChI=1S/C12H22N2S2/c1-9(15)13(3)11-7-5-6-8-12(11)14(4)10(2)16/h11-12H,5-8H2,1-4H3/t11-,12-/m1/s1. The topological polar surface area (TPSA) is 6.48 Å². The average molecular weight is 258 g/mol. The molecule has 0 saturated heterocycles. The van der Waals surface area contributed by atoms with Crippen molar-refractivity contribution in [1.82, 2.24) is 9.80 Å². The van der Waals surface area contributed by atoms with Crippen molar-refractivity contribution < 1.29 is 0 Å². The zero-order valence-corrected chi connectivity index (χ0v) is 12.3. The van der Waals surface area contributed by atoms with E-state index < -0.39 is 0 Å². The van der Waals surface area contributed by atoms with Gasteiger partial charge in [-0.05, 0) is 26.7 Å². The van der Waals surface area contributed by atoms with Gasteiger partial charge in [-0.15, -0.1) is 0 Å². The maximum Gasteiger partial charge on any atom is 0.0748 e. The molecule has 0 amide bonds. The lowest BCUT2D eigenvalue weighted by Crippen LogP contribution is -2.52. The second kappa shape index (κ2) is 5.92. The van der Waals surface area contributed by atoms with E-state index in [9.17, 15) is 0 Å². The Morgan fingerprint density at radius 1 is 0.875 bits per heavy atom. The number of rotatable bonds is 2. The molecule has 16 heavy (non-hydrogen) atoms. The van der Waals surface area contributed by atoms with Crippen molar-refractivity contribution in [3.8, 4) is 0 Å². The number of thiocarbonyl (C=S) groups is 2. The Hall–Kier alpha value is -0.220. The van der Waals surface area contributed by atoms with Crippen molar-refractivity contribution in [1.29, 1.82) is 0 Å². The molecular weight excluding hydrogens is 236 g/mol. The molecule has 1 aliphatic carbocycles. The predicted molar refractivity (Wildman–Crippen MR) is 78.1 cm³/mol. The van der Waals surface area contributed by atoms with Crippen molar-refractivity contribution in [2.75, 3.05) is 14.1 Å². The molecule has 1 saturated carbocycles. The minimum Gasteiger partial charge on any atom is -0.364 e. The van der Waals surface area contributed by atoms with Gasteiger partial charge in [0, 0.05) is 26.2 Å². The van der Waals surface area contributed by atoms with E-state index in [-0.39, 0.29) is 0 Å². The number of likely N-dealkylation sites (N-methyl/N-ethyl adjacent to an activating group) is 2. The van der Waals surface area contributed by atoms with E-state index in [1.807, 2.05) is 13.8 Å². The van der Waals surface area contributed by atoms with Crippen LogP contribution in [0.3, 0.4) is 0 Å². The summed E-state index contributed by atoms with van der Waals surface area (Å²) in [6.45, 7) is 4.01. The normalized spacial score (nSPS) is 25.0. The second-order valence-electron chi connectivity index (χ2n) is 4.68. The molecule has 0 spiro atoms. The number of hydrogen-bond acceptors (Lipinski definition) is 2. The zero-order valence-electron chi connectivity index (χ0n) is 10.7. The maximum absolute atomic E-state index is 5.28. The molecule has 0 aliphatic heterocycles. The Bertz CT molecular complexity index is 250. The molecule has 0 aromatic carbocycles. The number of hydrogen-bond donors (Lipinski definition) is 0. The lowest BCUT2D eigenvalue weighted by Gasteiger charge is -2.43. The van der Waals surface area contributed by atoms with E-state index in [4.69, 9.17) is 24.4 Å². The fraction of sp³-hybridized carbons (Fsp3) is 0.833. The molecule has 0 N–H and O–H groups in total. The summed E-state index contributed by atoms with van der Waals surface area (Å²) in [5.74, 6) is 0. The molecule has 0 bridgehead atoms. The monoisotopic (exact) mass is 258 g/mol. The molecule has 1 rings (SSSR count). The van der Waals surface area contributed by atoms with E-state index in [1.54, 1.807) is 0 Å². The summed E-state index contributed by atoms with van der Waals surface area (Å²) in [5, 5.41) is 0. The molecule has 4 heteroatoms. The zero-order chi connectivity index (χ0) is 12.3. The highest BCUT2D eigenvalue weighted by Gasteiger charge is 2.31. The highest BCUT2D eigenvalue weighted by atomic mass is 32.1. The van der Waals surface area contributed by atoms with Gasteiger partial charge in [0.05, 0.1) is 9.98 Å². The maximum atomic E-state index is 5.28. The first-order valence-electron chi connectivity index (χ1n) is 5.92. The largest absolute Gasteiger partial charge is 0.364 e. The van der Waals surface area contributed by atoms with Gasteiger partial charge >= 0.3 is 0 Å². The van der Waals surface area contributed by atoms with E-state index in [1.165, 1.54) is 25.7 Å². The Balaban J connectivity index is 2.78. The van der Waals surface area contributed by atoms with Crippen LogP contribution in [0.2, 0.25) is 0 Å². The van der Waals surface area contributed by atoms with Crippen LogP contribution in [0.1, 0.15) is 39.5 Å². The molecule has 2 atom stereocenters. The van der Waals surface area contributed by atoms with Crippen molar-refractivity contribution in [3.05, 3.63) is 0 Å². The molecule has 0 unspecified atom stereocenters. The SMILES string of the molecule is CC(=S)N(C)[C@@H]1CCCC[C@H]1N(C)C(C)=S. The van der Waals surface area contributed by atoms with Gasteiger partial charge in [0.15, 0.2) is 0 Å². The Morgan fingerprint density at radius 2 is 1.19 bits per heavy atom. The quantitative estimate of drug-likeness (QED) is 0.702. The van der Waals surface area contributed by atoms with E-state index in [0.29, 0.717) is 12.1 Å². The molecule has 92 valence electrons. The molecule has 0 aromatic rings. The Morgan fingerprint density at radius 3 is 1.44 bits per heavy atom. The third-order valence-electron chi connectivity index (χ3n) is 3.68. The lowest BCUT2D eigenvalue weighted by molar-refractivity contribution is 0.163. The summed E-state index contributed by atoms with van der Waals surface area (Å²) in [6, 6.07) is 1.04. The fourth-order valence-corrected chi connectivity index (χ4v) is 2.73. The third kappa shape index (κ3) is 3.14. The van der Waals surface area contributed by atoms with Crippen LogP contribution in [0.25, 0.3) is 0 Å². The van der Waals surface area contributed by atoms with Crippen LogP contribution in [0, 0.1) is 0 Å². The van der Waals surface area contributed by atoms with Crippen LogP contribution in [0.5, 0.6) is 0 Å². The van der Waals surface area contributed by atoms with Crippen molar-refractivity contribution in [2.24, 2.45) is 0 Å². The Kier molecular flexibility index (Phi) is 5.12. The second-order valence-corrected chi connectivity index (χ2v) is 5.86. The fourth-order valence-electron chi connectivity index (χ4n) is 2.46. The van der Waals surface area contributed by atoms with Crippen molar-refractivity contribution in [2.45, 2.75) is 51.6 Å². The van der Waals surface area contributed by atoms with Crippen LogP contribution in [0.4, 0.5) is 0 Å². The highest BCUT2D eigenvalue weighted by molar-refractivity contribution is 7.80. The van der Waals surface area contributed by atoms with E-state index in [0.717, 1.165) is 9.98 Å². The lowest BCUT2D eigenvalue weighted by atomic mass is 9.88. The van der Waals surface area contributed by atoms with Crippen LogP contribution in [-0.4, -0.2) is 46.0 Å². The molecule has 2 nitrogen and oxygen atoms in total. The van der Waals surface area contributed by atoms with Crippen LogP contribution < -0.4 is 0 Å². The predicted octanol–water partition coefficient (Wildman–Crippen LogP) is 2.86. The molecule has 0 radical (unpaired) electrons. The van der Waals surface area contributed by atoms with E-state index in [2.05, 4.69) is 23.9 Å². The van der Waals surface area contributed by atoms with Gasteiger partial charge in [0.2, 0.25) is 0 Å². The van der Waals surface area contributed by atoms with Gasteiger partial charge in [-0.3, -0.25) is 0 Å². The first-order valence-corrected chi connectivity index (χ1v) is 6.73. The third-order valence-corrected chi connectivity index (χ3v) is 4.26. The minimum absolute atomic E-state index is 0.522. The summed E-state index contributed by atoms with van der Waals surface area (Å²) in [4.78, 5) is 6.45. The molecular formula is C12H22N2S2. The molecule has 0 aromatic heterocycles.